The van der Waals surface area contributed by atoms with E-state index in [1.807, 2.05) is 0 Å². The van der Waals surface area contributed by atoms with Crippen LogP contribution in [0.3, 0.4) is 0 Å². The van der Waals surface area contributed by atoms with E-state index in [-0.39, 0.29) is 11.0 Å². The van der Waals surface area contributed by atoms with Gasteiger partial charge >= 0.3 is 0 Å². The molecule has 0 amide bonds. The molecule has 0 aromatic carbocycles. The molecule has 0 radical (unpaired) electrons. The molecular formula is C7H9NO3S. The number of aliphatic hydroxyl groups is 1. The highest BCUT2D eigenvalue weighted by Crippen LogP contribution is 2.34. The first-order valence-electron chi connectivity index (χ1n) is 3.44. The van der Waals surface area contributed by atoms with Gasteiger partial charge in [0.25, 0.3) is 5.88 Å². The van der Waals surface area contributed by atoms with Gasteiger partial charge in [0.1, 0.15) is 0 Å². The lowest BCUT2D eigenvalue weighted by molar-refractivity contribution is 0.234. The van der Waals surface area contributed by atoms with Gasteiger partial charge in [-0.2, -0.15) is 0 Å². The van der Waals surface area contributed by atoms with Crippen LogP contribution in [0, 0.1) is 0 Å². The smallest absolute Gasteiger partial charge is 0.263 e. The van der Waals surface area contributed by atoms with Crippen molar-refractivity contribution >= 4 is 20.8 Å². The number of hydrogen-bond donors (Lipinski definition) is 1. The van der Waals surface area contributed by atoms with E-state index in [1.165, 1.54) is 0 Å². The summed E-state index contributed by atoms with van der Waals surface area (Å²) < 4.78 is 5.05. The zero-order valence-corrected chi connectivity index (χ0v) is 7.64. The van der Waals surface area contributed by atoms with Crippen molar-refractivity contribution in [1.82, 2.24) is 0 Å². The molecule has 66 valence electrons. The fourth-order valence-electron chi connectivity index (χ4n) is 0.819. The summed E-state index contributed by atoms with van der Waals surface area (Å²) in [5.74, 6) is -0.193. The third kappa shape index (κ3) is 1.42. The van der Waals surface area contributed by atoms with Gasteiger partial charge in [-0.3, -0.25) is 0 Å². The average Bonchev–Trinajstić information content (AvgIpc) is 2.28. The number of aliphatic imine (C=N–C) groups is 1. The molecule has 1 unspecified atom stereocenters. The Bertz CT molecular complexity index is 313. The molecule has 0 spiro atoms. The lowest BCUT2D eigenvalue weighted by atomic mass is 10.8. The summed E-state index contributed by atoms with van der Waals surface area (Å²) in [4.78, 5) is 14.1. The van der Waals surface area contributed by atoms with E-state index in [9.17, 15) is 9.90 Å². The Morgan fingerprint density at radius 2 is 2.42 bits per heavy atom. The summed E-state index contributed by atoms with van der Waals surface area (Å²) >= 11 is 0. The number of rotatable bonds is 2. The van der Waals surface area contributed by atoms with Crippen LogP contribution in [0.15, 0.2) is 16.0 Å². The fourth-order valence-corrected chi connectivity index (χ4v) is 1.92. The molecule has 12 heavy (non-hydrogen) atoms. The molecule has 1 N–H and O–H groups in total. The SMILES string of the molecule is CCOC1=C(O)N=C(C)S1=C=O. The second-order valence-corrected chi connectivity index (χ2v) is 3.81. The van der Waals surface area contributed by atoms with Crippen LogP contribution in [0.5, 0.6) is 0 Å². The zero-order valence-electron chi connectivity index (χ0n) is 6.83. The zero-order chi connectivity index (χ0) is 9.14. The molecule has 0 aromatic rings. The van der Waals surface area contributed by atoms with Crippen LogP contribution in [0.1, 0.15) is 13.8 Å². The van der Waals surface area contributed by atoms with Gasteiger partial charge in [0.2, 0.25) is 5.09 Å². The maximum atomic E-state index is 10.4. The topological polar surface area (TPSA) is 58.9 Å². The van der Waals surface area contributed by atoms with Gasteiger partial charge in [-0.25, -0.2) is 9.79 Å². The molecule has 0 aliphatic carbocycles. The van der Waals surface area contributed by atoms with Crippen molar-refractivity contribution in [2.24, 2.45) is 4.99 Å². The van der Waals surface area contributed by atoms with E-state index in [0.29, 0.717) is 11.7 Å². The molecule has 0 bridgehead atoms. The first-order chi connectivity index (χ1) is 5.70. The fraction of sp³-hybridized carbons (Fsp3) is 0.429. The predicted octanol–water partition coefficient (Wildman–Crippen LogP) is 1.48. The largest absolute Gasteiger partial charge is 0.490 e. The van der Waals surface area contributed by atoms with E-state index >= 15 is 0 Å². The van der Waals surface area contributed by atoms with Crippen molar-refractivity contribution < 1.29 is 14.6 Å². The van der Waals surface area contributed by atoms with Gasteiger partial charge in [0, 0.05) is 10.5 Å². The Morgan fingerprint density at radius 3 is 2.92 bits per heavy atom. The molecular weight excluding hydrogens is 178 g/mol. The van der Waals surface area contributed by atoms with Gasteiger partial charge in [-0.15, -0.1) is 0 Å². The molecule has 0 saturated carbocycles. The van der Waals surface area contributed by atoms with E-state index in [4.69, 9.17) is 4.74 Å². The van der Waals surface area contributed by atoms with Gasteiger partial charge in [0.05, 0.1) is 11.7 Å². The Morgan fingerprint density at radius 1 is 1.75 bits per heavy atom. The maximum Gasteiger partial charge on any atom is 0.263 e. The van der Waals surface area contributed by atoms with E-state index in [2.05, 4.69) is 4.99 Å². The molecule has 0 fully saturated rings. The molecule has 1 aliphatic heterocycles. The van der Waals surface area contributed by atoms with E-state index < -0.39 is 10.5 Å². The summed E-state index contributed by atoms with van der Waals surface area (Å²) in [5.41, 5.74) is 0. The number of hydrogen-bond acceptors (Lipinski definition) is 4. The van der Waals surface area contributed by atoms with Crippen LogP contribution in [0.25, 0.3) is 0 Å². The van der Waals surface area contributed by atoms with Crippen molar-refractivity contribution in [3.05, 3.63) is 11.0 Å². The molecule has 1 heterocycles. The van der Waals surface area contributed by atoms with Crippen molar-refractivity contribution in [2.75, 3.05) is 6.61 Å². The predicted molar refractivity (Wildman–Crippen MR) is 47.7 cm³/mol. The quantitative estimate of drug-likeness (QED) is 0.666. The minimum Gasteiger partial charge on any atom is -0.490 e. The lowest BCUT2D eigenvalue weighted by Gasteiger charge is -2.03. The third-order valence-electron chi connectivity index (χ3n) is 1.29. The average molecular weight is 187 g/mol. The van der Waals surface area contributed by atoms with Crippen molar-refractivity contribution in [1.29, 1.82) is 0 Å². The van der Waals surface area contributed by atoms with Crippen LogP contribution in [0.4, 0.5) is 0 Å². The Hall–Kier alpha value is -1.06. The van der Waals surface area contributed by atoms with Gasteiger partial charge < -0.3 is 9.84 Å². The maximum absolute atomic E-state index is 10.4. The standard InChI is InChI=1S/C7H9NO3S/c1-3-11-7-6(10)8-5(2)12(7)4-9/h10H,3H2,1-2H3. The minimum absolute atomic E-state index is 0.193. The number of carbonyl (C=O) groups excluding carboxylic acids is 1. The molecule has 5 heteroatoms. The monoisotopic (exact) mass is 187 g/mol. The van der Waals surface area contributed by atoms with Crippen molar-refractivity contribution in [2.45, 2.75) is 13.8 Å². The van der Waals surface area contributed by atoms with Crippen LogP contribution in [-0.4, -0.2) is 22.0 Å². The summed E-state index contributed by atoms with van der Waals surface area (Å²) in [6.07, 6.45) is 0. The number of nitrogens with zero attached hydrogens (tertiary/aromatic N) is 1. The van der Waals surface area contributed by atoms with E-state index in [0.717, 1.165) is 0 Å². The van der Waals surface area contributed by atoms with Gasteiger partial charge in [0.15, 0.2) is 5.23 Å². The summed E-state index contributed by atoms with van der Waals surface area (Å²) in [6, 6.07) is 0. The van der Waals surface area contributed by atoms with E-state index in [1.54, 1.807) is 19.1 Å². The summed E-state index contributed by atoms with van der Waals surface area (Å²) in [7, 11) is -0.895. The highest BCUT2D eigenvalue weighted by molar-refractivity contribution is 8.30. The van der Waals surface area contributed by atoms with Crippen molar-refractivity contribution in [3.63, 3.8) is 0 Å². The minimum atomic E-state index is -0.895. The van der Waals surface area contributed by atoms with Crippen LogP contribution >= 0.6 is 10.5 Å². The highest BCUT2D eigenvalue weighted by atomic mass is 32.2. The summed E-state index contributed by atoms with van der Waals surface area (Å²) in [6.45, 7) is 3.85. The second kappa shape index (κ2) is 3.56. The molecule has 1 aliphatic rings. The first kappa shape index (κ1) is 9.03. The highest BCUT2D eigenvalue weighted by Gasteiger charge is 2.22. The summed E-state index contributed by atoms with van der Waals surface area (Å²) in [5, 5.41) is 11.8. The van der Waals surface area contributed by atoms with Gasteiger partial charge in [-0.05, 0) is 13.8 Å². The molecule has 0 saturated heterocycles. The lowest BCUT2D eigenvalue weighted by Crippen LogP contribution is -1.91. The molecule has 4 nitrogen and oxygen atoms in total. The van der Waals surface area contributed by atoms with Crippen molar-refractivity contribution in [3.8, 4) is 0 Å². The van der Waals surface area contributed by atoms with Crippen LogP contribution < -0.4 is 0 Å². The number of ether oxygens (including phenoxy) is 1. The molecule has 1 atom stereocenters. The second-order valence-electron chi connectivity index (χ2n) is 2.06. The van der Waals surface area contributed by atoms with Gasteiger partial charge in [-0.1, -0.05) is 0 Å². The Balaban J connectivity index is 3.02. The third-order valence-corrected chi connectivity index (χ3v) is 2.81. The molecule has 0 aromatic heterocycles. The Labute approximate surface area is 72.5 Å². The first-order valence-corrected chi connectivity index (χ1v) is 4.66. The number of aliphatic hydroxyl groups excluding tert-OH is 1. The Kier molecular flexibility index (Phi) is 2.68. The van der Waals surface area contributed by atoms with Crippen LogP contribution in [-0.2, 0) is 9.53 Å². The molecule has 1 rings (SSSR count). The normalized spacial score (nSPS) is 22.2. The van der Waals surface area contributed by atoms with Crippen LogP contribution in [0.2, 0.25) is 0 Å².